The van der Waals surface area contributed by atoms with Crippen molar-refractivity contribution in [2.75, 3.05) is 19.6 Å². The molecule has 5 rings (SSSR count). The number of phenols is 1. The van der Waals surface area contributed by atoms with Gasteiger partial charge in [-0.1, -0.05) is 6.92 Å². The number of aryl methyl sites for hydroxylation is 1. The quantitative estimate of drug-likeness (QED) is 0.651. The highest BCUT2D eigenvalue weighted by molar-refractivity contribution is 6.07. The molecule has 144 valence electrons. The smallest absolute Gasteiger partial charge is 0.255 e. The Kier molecular flexibility index (Phi) is 4.05. The first-order chi connectivity index (χ1) is 13.7. The van der Waals surface area contributed by atoms with Crippen molar-refractivity contribution in [2.45, 2.75) is 25.8 Å². The molecule has 0 aliphatic carbocycles. The Labute approximate surface area is 162 Å². The number of nitrogens with one attached hydrogen (secondary N) is 2. The van der Waals surface area contributed by atoms with Crippen LogP contribution in [-0.2, 0) is 6.42 Å². The Morgan fingerprint density at radius 1 is 1.29 bits per heavy atom. The zero-order valence-corrected chi connectivity index (χ0v) is 15.8. The average molecular weight is 377 g/mol. The maximum atomic E-state index is 13.6. The van der Waals surface area contributed by atoms with Crippen LogP contribution in [0.15, 0.2) is 30.3 Å². The molecule has 2 unspecified atom stereocenters. The summed E-state index contributed by atoms with van der Waals surface area (Å²) in [5.41, 5.74) is 3.70. The van der Waals surface area contributed by atoms with Crippen molar-refractivity contribution >= 4 is 16.9 Å². The second kappa shape index (κ2) is 6.60. The molecule has 0 bridgehead atoms. The first-order valence-corrected chi connectivity index (χ1v) is 9.84. The molecule has 2 fully saturated rings. The number of pyridine rings is 1. The number of benzene rings is 1. The van der Waals surface area contributed by atoms with E-state index in [0.29, 0.717) is 22.8 Å². The van der Waals surface area contributed by atoms with Crippen LogP contribution in [-0.4, -0.2) is 56.8 Å². The van der Waals surface area contributed by atoms with Gasteiger partial charge in [0.25, 0.3) is 5.91 Å². The average Bonchev–Trinajstić information content (AvgIpc) is 3.42. The number of amides is 1. The summed E-state index contributed by atoms with van der Waals surface area (Å²) >= 11 is 0. The molecule has 0 spiro atoms. The van der Waals surface area contributed by atoms with E-state index in [9.17, 15) is 9.90 Å². The molecular weight excluding hydrogens is 354 g/mol. The third kappa shape index (κ3) is 2.65. The summed E-state index contributed by atoms with van der Waals surface area (Å²) in [7, 11) is 0. The summed E-state index contributed by atoms with van der Waals surface area (Å²) in [5.74, 6) is 0.806. The minimum Gasteiger partial charge on any atom is -0.508 e. The topological polar surface area (TPSA) is 94.1 Å². The van der Waals surface area contributed by atoms with Gasteiger partial charge in [0.1, 0.15) is 5.75 Å². The van der Waals surface area contributed by atoms with Crippen molar-refractivity contribution in [3.63, 3.8) is 0 Å². The maximum absolute atomic E-state index is 13.6. The molecule has 3 N–H and O–H groups in total. The number of H-pyrrole nitrogens is 1. The van der Waals surface area contributed by atoms with E-state index in [0.717, 1.165) is 49.1 Å². The Balaban J connectivity index is 1.64. The number of aromatic amines is 1. The minimum absolute atomic E-state index is 0.0553. The van der Waals surface area contributed by atoms with Gasteiger partial charge in [-0.15, -0.1) is 0 Å². The van der Waals surface area contributed by atoms with Crippen LogP contribution in [0.25, 0.3) is 22.3 Å². The zero-order valence-electron chi connectivity index (χ0n) is 15.8. The van der Waals surface area contributed by atoms with Gasteiger partial charge in [-0.25, -0.2) is 4.98 Å². The Morgan fingerprint density at radius 2 is 2.11 bits per heavy atom. The highest BCUT2D eigenvalue weighted by atomic mass is 16.3. The summed E-state index contributed by atoms with van der Waals surface area (Å²) in [6, 6.07) is 9.01. The molecule has 4 heterocycles. The van der Waals surface area contributed by atoms with Crippen molar-refractivity contribution in [1.82, 2.24) is 25.4 Å². The van der Waals surface area contributed by atoms with Crippen molar-refractivity contribution in [3.8, 4) is 17.0 Å². The Morgan fingerprint density at radius 3 is 2.89 bits per heavy atom. The summed E-state index contributed by atoms with van der Waals surface area (Å²) in [6.45, 7) is 4.68. The summed E-state index contributed by atoms with van der Waals surface area (Å²) in [5, 5.41) is 21.2. The number of nitrogens with zero attached hydrogens (tertiary/aromatic N) is 3. The lowest BCUT2D eigenvalue weighted by Crippen LogP contribution is -2.39. The van der Waals surface area contributed by atoms with E-state index < -0.39 is 0 Å². The molecule has 2 aliphatic heterocycles. The van der Waals surface area contributed by atoms with Gasteiger partial charge in [0.05, 0.1) is 22.3 Å². The van der Waals surface area contributed by atoms with E-state index in [1.54, 1.807) is 12.1 Å². The molecular formula is C21H23N5O2. The van der Waals surface area contributed by atoms with Crippen LogP contribution in [0, 0.1) is 5.92 Å². The number of rotatable bonds is 3. The Hall–Kier alpha value is -2.93. The van der Waals surface area contributed by atoms with Gasteiger partial charge in [0, 0.05) is 31.2 Å². The van der Waals surface area contributed by atoms with Crippen LogP contribution < -0.4 is 5.32 Å². The molecule has 7 heteroatoms. The van der Waals surface area contributed by atoms with Gasteiger partial charge in [-0.3, -0.25) is 9.89 Å². The predicted octanol–water partition coefficient (Wildman–Crippen LogP) is 2.33. The van der Waals surface area contributed by atoms with Gasteiger partial charge in [-0.2, -0.15) is 5.10 Å². The number of carbonyl (C=O) groups is 1. The van der Waals surface area contributed by atoms with Crippen molar-refractivity contribution in [3.05, 3.63) is 41.6 Å². The molecule has 7 nitrogen and oxygen atoms in total. The standard InChI is InChI=1S/C21H23N5O2/c1-2-16-19-15(21(28)26-8-7-13-10-22-11-18(13)26)9-17(23-20(19)25-24-16)12-3-5-14(27)6-4-12/h3-6,9,13,18,22,27H,2,7-8,10-11H2,1H3,(H,23,24,25). The molecule has 0 radical (unpaired) electrons. The van der Waals surface area contributed by atoms with Gasteiger partial charge in [-0.05, 0) is 49.1 Å². The third-order valence-electron chi connectivity index (χ3n) is 6.04. The summed E-state index contributed by atoms with van der Waals surface area (Å²) in [4.78, 5) is 20.3. The van der Waals surface area contributed by atoms with Crippen LogP contribution in [0.1, 0.15) is 29.4 Å². The van der Waals surface area contributed by atoms with Crippen LogP contribution in [0.5, 0.6) is 5.75 Å². The second-order valence-corrected chi connectivity index (χ2v) is 7.62. The molecule has 2 saturated heterocycles. The van der Waals surface area contributed by atoms with Gasteiger partial charge in [0.15, 0.2) is 5.65 Å². The van der Waals surface area contributed by atoms with Crippen LogP contribution in [0.3, 0.4) is 0 Å². The van der Waals surface area contributed by atoms with Crippen molar-refractivity contribution in [1.29, 1.82) is 0 Å². The second-order valence-electron chi connectivity index (χ2n) is 7.62. The number of hydrogen-bond donors (Lipinski definition) is 3. The van der Waals surface area contributed by atoms with E-state index in [2.05, 4.69) is 15.5 Å². The number of likely N-dealkylation sites (tertiary alicyclic amines) is 1. The number of fused-ring (bicyclic) bond motifs is 2. The van der Waals surface area contributed by atoms with E-state index in [4.69, 9.17) is 4.98 Å². The normalized spacial score (nSPS) is 21.4. The predicted molar refractivity (Wildman–Crippen MR) is 106 cm³/mol. The highest BCUT2D eigenvalue weighted by Gasteiger charge is 2.40. The maximum Gasteiger partial charge on any atom is 0.255 e. The minimum atomic E-state index is 0.0553. The molecule has 1 aromatic carbocycles. The lowest BCUT2D eigenvalue weighted by Gasteiger charge is -2.24. The lowest BCUT2D eigenvalue weighted by molar-refractivity contribution is 0.0739. The molecule has 28 heavy (non-hydrogen) atoms. The molecule has 2 aliphatic rings. The SMILES string of the molecule is CCc1n[nH]c2nc(-c3ccc(O)cc3)cc(C(=O)N3CCC4CNCC43)c12. The summed E-state index contributed by atoms with van der Waals surface area (Å²) in [6.07, 6.45) is 1.78. The zero-order chi connectivity index (χ0) is 19.3. The van der Waals surface area contributed by atoms with Crippen LogP contribution in [0.4, 0.5) is 0 Å². The lowest BCUT2D eigenvalue weighted by atomic mass is 10.0. The first-order valence-electron chi connectivity index (χ1n) is 9.84. The number of aromatic hydroxyl groups is 1. The number of hydrogen-bond acceptors (Lipinski definition) is 5. The van der Waals surface area contributed by atoms with Gasteiger partial charge < -0.3 is 15.3 Å². The number of aromatic nitrogens is 3. The fraction of sp³-hybridized carbons (Fsp3) is 0.381. The van der Waals surface area contributed by atoms with E-state index >= 15 is 0 Å². The van der Waals surface area contributed by atoms with E-state index in [-0.39, 0.29) is 17.7 Å². The largest absolute Gasteiger partial charge is 0.508 e. The molecule has 1 amide bonds. The molecule has 3 aromatic rings. The monoisotopic (exact) mass is 377 g/mol. The molecule has 0 saturated carbocycles. The van der Waals surface area contributed by atoms with Gasteiger partial charge >= 0.3 is 0 Å². The van der Waals surface area contributed by atoms with Gasteiger partial charge in [0.2, 0.25) is 0 Å². The highest BCUT2D eigenvalue weighted by Crippen LogP contribution is 2.32. The Bertz CT molecular complexity index is 1040. The fourth-order valence-corrected chi connectivity index (χ4v) is 4.56. The first kappa shape index (κ1) is 17.2. The fourth-order valence-electron chi connectivity index (χ4n) is 4.56. The molecule has 2 atom stereocenters. The third-order valence-corrected chi connectivity index (χ3v) is 6.04. The van der Waals surface area contributed by atoms with Crippen LogP contribution in [0.2, 0.25) is 0 Å². The number of carbonyl (C=O) groups excluding carboxylic acids is 1. The van der Waals surface area contributed by atoms with Crippen LogP contribution >= 0.6 is 0 Å². The van der Waals surface area contributed by atoms with E-state index in [1.807, 2.05) is 30.0 Å². The molecule has 2 aromatic heterocycles. The van der Waals surface area contributed by atoms with Crippen molar-refractivity contribution in [2.24, 2.45) is 5.92 Å². The van der Waals surface area contributed by atoms with Crippen molar-refractivity contribution < 1.29 is 9.90 Å². The summed E-state index contributed by atoms with van der Waals surface area (Å²) < 4.78 is 0. The van der Waals surface area contributed by atoms with E-state index in [1.165, 1.54) is 0 Å². The number of phenolic OH excluding ortho intramolecular Hbond substituents is 1.